The van der Waals surface area contributed by atoms with Gasteiger partial charge in [0.15, 0.2) is 0 Å². The van der Waals surface area contributed by atoms with Crippen LogP contribution >= 0.6 is 0 Å². The topological polar surface area (TPSA) is 84.2 Å². The fraction of sp³-hybridized carbons (Fsp3) is 0.565. The van der Waals surface area contributed by atoms with Crippen molar-refractivity contribution >= 4 is 20.8 Å². The summed E-state index contributed by atoms with van der Waals surface area (Å²) in [6.07, 6.45) is 9.60. The Bertz CT molecular complexity index is 861. The third kappa shape index (κ3) is 6.78. The summed E-state index contributed by atoms with van der Waals surface area (Å²) < 4.78 is 27.7. The van der Waals surface area contributed by atoms with Crippen LogP contribution in [-0.2, 0) is 10.0 Å². The van der Waals surface area contributed by atoms with Crippen molar-refractivity contribution in [1.29, 1.82) is 0 Å². The van der Waals surface area contributed by atoms with E-state index in [2.05, 4.69) is 10.0 Å². The quantitative estimate of drug-likeness (QED) is 0.406. The summed E-state index contributed by atoms with van der Waals surface area (Å²) in [7, 11) is -3.47. The summed E-state index contributed by atoms with van der Waals surface area (Å²) in [5.74, 6) is 0.652. The highest BCUT2D eigenvalue weighted by atomic mass is 32.2. The van der Waals surface area contributed by atoms with Gasteiger partial charge in [-0.25, -0.2) is 13.1 Å². The van der Waals surface area contributed by atoms with Crippen molar-refractivity contribution in [1.82, 2.24) is 10.0 Å². The lowest BCUT2D eigenvalue weighted by molar-refractivity contribution is 0.360. The number of hydrogen-bond acceptors (Lipinski definition) is 4. The molecule has 0 bridgehead atoms. The number of fused-ring (bicyclic) bond motifs is 1. The number of sulfonamides is 1. The van der Waals surface area contributed by atoms with Crippen LogP contribution in [0, 0.1) is 5.92 Å². The molecule has 160 valence electrons. The predicted molar refractivity (Wildman–Crippen MR) is 120 cm³/mol. The summed E-state index contributed by atoms with van der Waals surface area (Å²) in [6, 6.07) is 13.3. The first kappa shape index (κ1) is 22.2. The number of benzene rings is 2. The first-order chi connectivity index (χ1) is 14.1. The number of rotatable bonds is 10. The molecule has 0 radical (unpaired) electrons. The summed E-state index contributed by atoms with van der Waals surface area (Å²) in [5, 5.41) is 5.43. The first-order valence-electron chi connectivity index (χ1n) is 11.0. The van der Waals surface area contributed by atoms with Crippen molar-refractivity contribution in [2.24, 2.45) is 11.7 Å². The SMILES string of the molecule is NC(CNCCCCNS(=O)(=O)c1ccc2ccccc2c1)C1CCCCCC1. The standard InChI is InChI=1S/C23H35N3O2S/c24-23(20-10-3-1-2-4-11-20)18-25-15-7-8-16-26-29(27,28)22-14-13-19-9-5-6-12-21(19)17-22/h5-6,9,12-14,17,20,23,25-26H,1-4,7-8,10-11,15-16,18,24H2. The third-order valence-electron chi connectivity index (χ3n) is 5.99. The van der Waals surface area contributed by atoms with Crippen LogP contribution in [0.3, 0.4) is 0 Å². The van der Waals surface area contributed by atoms with Crippen molar-refractivity contribution in [3.05, 3.63) is 42.5 Å². The van der Waals surface area contributed by atoms with E-state index in [1.54, 1.807) is 12.1 Å². The van der Waals surface area contributed by atoms with Crippen molar-refractivity contribution in [2.45, 2.75) is 62.3 Å². The molecule has 1 aliphatic rings. The van der Waals surface area contributed by atoms with Gasteiger partial charge in [0.1, 0.15) is 0 Å². The average molecular weight is 418 g/mol. The highest BCUT2D eigenvalue weighted by Gasteiger charge is 2.19. The van der Waals surface area contributed by atoms with Gasteiger partial charge in [0, 0.05) is 19.1 Å². The zero-order valence-electron chi connectivity index (χ0n) is 17.3. The molecule has 0 aliphatic heterocycles. The Labute approximate surface area is 175 Å². The number of nitrogens with one attached hydrogen (secondary N) is 2. The van der Waals surface area contributed by atoms with Gasteiger partial charge >= 0.3 is 0 Å². The maximum Gasteiger partial charge on any atom is 0.240 e. The Morgan fingerprint density at radius 2 is 1.62 bits per heavy atom. The van der Waals surface area contributed by atoms with Crippen molar-refractivity contribution in [3.63, 3.8) is 0 Å². The Morgan fingerprint density at radius 3 is 2.38 bits per heavy atom. The Balaban J connectivity index is 1.34. The number of nitrogens with two attached hydrogens (primary N) is 1. The summed E-state index contributed by atoms with van der Waals surface area (Å²) in [6.45, 7) is 2.18. The molecule has 0 aromatic heterocycles. The smallest absolute Gasteiger partial charge is 0.240 e. The molecule has 1 saturated carbocycles. The number of hydrogen-bond donors (Lipinski definition) is 3. The van der Waals surface area contributed by atoms with Gasteiger partial charge in [-0.15, -0.1) is 0 Å². The van der Waals surface area contributed by atoms with Crippen LogP contribution in [0.2, 0.25) is 0 Å². The molecule has 0 heterocycles. The highest BCUT2D eigenvalue weighted by Crippen LogP contribution is 2.24. The maximum absolute atomic E-state index is 12.5. The molecule has 0 spiro atoms. The zero-order chi connectivity index (χ0) is 20.5. The maximum atomic E-state index is 12.5. The lowest BCUT2D eigenvalue weighted by atomic mass is 9.92. The molecule has 2 aromatic rings. The molecule has 29 heavy (non-hydrogen) atoms. The van der Waals surface area contributed by atoms with Crippen LogP contribution in [-0.4, -0.2) is 34.1 Å². The van der Waals surface area contributed by atoms with Gasteiger partial charge in [0.25, 0.3) is 0 Å². The van der Waals surface area contributed by atoms with E-state index in [0.29, 0.717) is 17.4 Å². The number of unbranched alkanes of at least 4 members (excludes halogenated alkanes) is 1. The molecule has 0 saturated heterocycles. The van der Waals surface area contributed by atoms with Gasteiger partial charge in [0.05, 0.1) is 4.90 Å². The van der Waals surface area contributed by atoms with Gasteiger partial charge in [-0.1, -0.05) is 56.0 Å². The predicted octanol–water partition coefficient (Wildman–Crippen LogP) is 3.79. The highest BCUT2D eigenvalue weighted by molar-refractivity contribution is 7.89. The molecule has 1 atom stereocenters. The van der Waals surface area contributed by atoms with E-state index in [-0.39, 0.29) is 6.04 Å². The summed E-state index contributed by atoms with van der Waals surface area (Å²) >= 11 is 0. The van der Waals surface area contributed by atoms with Gasteiger partial charge in [0.2, 0.25) is 10.0 Å². The monoisotopic (exact) mass is 417 g/mol. The minimum absolute atomic E-state index is 0.236. The van der Waals surface area contributed by atoms with E-state index < -0.39 is 10.0 Å². The third-order valence-corrected chi connectivity index (χ3v) is 7.45. The van der Waals surface area contributed by atoms with E-state index in [1.165, 1.54) is 38.5 Å². The molecule has 1 aliphatic carbocycles. The zero-order valence-corrected chi connectivity index (χ0v) is 18.1. The summed E-state index contributed by atoms with van der Waals surface area (Å²) in [5.41, 5.74) is 6.37. The van der Waals surface area contributed by atoms with Crippen molar-refractivity contribution in [3.8, 4) is 0 Å². The van der Waals surface area contributed by atoms with E-state index >= 15 is 0 Å². The Hall–Kier alpha value is -1.47. The van der Waals surface area contributed by atoms with E-state index in [4.69, 9.17) is 5.73 Å². The van der Waals surface area contributed by atoms with Crippen LogP contribution in [0.5, 0.6) is 0 Å². The van der Waals surface area contributed by atoms with Gasteiger partial charge in [-0.3, -0.25) is 0 Å². The molecule has 1 unspecified atom stereocenters. The second kappa shape index (κ2) is 11.1. The van der Waals surface area contributed by atoms with Crippen molar-refractivity contribution < 1.29 is 8.42 Å². The first-order valence-corrected chi connectivity index (χ1v) is 12.5. The van der Waals surface area contributed by atoms with E-state index in [9.17, 15) is 8.42 Å². The molecule has 5 nitrogen and oxygen atoms in total. The molecule has 0 amide bonds. The largest absolute Gasteiger partial charge is 0.326 e. The normalized spacial score (nSPS) is 17.3. The van der Waals surface area contributed by atoms with E-state index in [0.717, 1.165) is 36.7 Å². The second-order valence-electron chi connectivity index (χ2n) is 8.23. The molecular formula is C23H35N3O2S. The van der Waals surface area contributed by atoms with E-state index in [1.807, 2.05) is 30.3 Å². The minimum atomic E-state index is -3.47. The Morgan fingerprint density at radius 1 is 0.931 bits per heavy atom. The van der Waals surface area contributed by atoms with Gasteiger partial charge < -0.3 is 11.1 Å². The van der Waals surface area contributed by atoms with Crippen LogP contribution in [0.15, 0.2) is 47.4 Å². The summed E-state index contributed by atoms with van der Waals surface area (Å²) in [4.78, 5) is 0.323. The average Bonchev–Trinajstić information content (AvgIpc) is 3.02. The molecule has 6 heteroatoms. The molecule has 3 rings (SSSR count). The van der Waals surface area contributed by atoms with Crippen LogP contribution < -0.4 is 15.8 Å². The molecular weight excluding hydrogens is 382 g/mol. The minimum Gasteiger partial charge on any atom is -0.326 e. The van der Waals surface area contributed by atoms with Gasteiger partial charge in [-0.05, 0) is 61.1 Å². The fourth-order valence-electron chi connectivity index (χ4n) is 4.17. The molecule has 1 fully saturated rings. The fourth-order valence-corrected chi connectivity index (χ4v) is 5.28. The van der Waals surface area contributed by atoms with Crippen LogP contribution in [0.4, 0.5) is 0 Å². The van der Waals surface area contributed by atoms with Gasteiger partial charge in [-0.2, -0.15) is 0 Å². The Kier molecular flexibility index (Phi) is 8.48. The lowest BCUT2D eigenvalue weighted by Gasteiger charge is -2.22. The molecule has 4 N–H and O–H groups in total. The second-order valence-corrected chi connectivity index (χ2v) is 10.0. The van der Waals surface area contributed by atoms with Crippen molar-refractivity contribution in [2.75, 3.05) is 19.6 Å². The van der Waals surface area contributed by atoms with Crippen LogP contribution in [0.1, 0.15) is 51.4 Å². The molecule has 2 aromatic carbocycles. The van der Waals surface area contributed by atoms with Crippen LogP contribution in [0.25, 0.3) is 10.8 Å². The lowest BCUT2D eigenvalue weighted by Crippen LogP contribution is -2.40.